The molecular weight excluding hydrogens is 340 g/mol. The summed E-state index contributed by atoms with van der Waals surface area (Å²) in [5.41, 5.74) is 1.17. The lowest BCUT2D eigenvalue weighted by Gasteiger charge is -2.33. The van der Waals surface area contributed by atoms with E-state index in [-0.39, 0.29) is 4.90 Å². The van der Waals surface area contributed by atoms with Crippen LogP contribution in [0.3, 0.4) is 0 Å². The van der Waals surface area contributed by atoms with Gasteiger partial charge in [0.25, 0.3) is 0 Å². The van der Waals surface area contributed by atoms with Gasteiger partial charge in [-0.1, -0.05) is 12.1 Å². The predicted octanol–water partition coefficient (Wildman–Crippen LogP) is 1.42. The van der Waals surface area contributed by atoms with Crippen LogP contribution in [0.15, 0.2) is 41.6 Å². The molecule has 1 aromatic carbocycles. The van der Waals surface area contributed by atoms with E-state index in [4.69, 9.17) is 4.74 Å². The molecule has 0 saturated carbocycles. The fourth-order valence-electron chi connectivity index (χ4n) is 2.96. The Bertz CT molecular complexity index is 811. The van der Waals surface area contributed by atoms with Crippen molar-refractivity contribution in [2.24, 2.45) is 0 Å². The van der Waals surface area contributed by atoms with Crippen LogP contribution in [-0.2, 0) is 23.1 Å². The minimum absolute atomic E-state index is 0.274. The summed E-state index contributed by atoms with van der Waals surface area (Å²) in [5.74, 6) is 0.839. The molecule has 0 unspecified atom stereocenters. The fourth-order valence-corrected chi connectivity index (χ4v) is 4.33. The standard InChI is InChI=1S/C17H24N4O3S/c1-3-20-14-17(12-18-20)25(22,23)21-9-7-19(8-10-21)13-15-5-4-6-16(11-15)24-2/h4-6,11-12,14H,3,7-10,13H2,1-2H3. The van der Waals surface area contributed by atoms with Gasteiger partial charge in [-0.15, -0.1) is 0 Å². The summed E-state index contributed by atoms with van der Waals surface area (Å²) in [6.07, 6.45) is 3.03. The molecule has 0 amide bonds. The summed E-state index contributed by atoms with van der Waals surface area (Å²) in [5, 5.41) is 4.07. The second-order valence-corrected chi connectivity index (χ2v) is 8.00. The first-order chi connectivity index (χ1) is 12.0. The lowest BCUT2D eigenvalue weighted by Crippen LogP contribution is -2.48. The highest BCUT2D eigenvalue weighted by Crippen LogP contribution is 2.19. The molecule has 8 heteroatoms. The minimum Gasteiger partial charge on any atom is -0.497 e. The number of aryl methyl sites for hydroxylation is 1. The van der Waals surface area contributed by atoms with Crippen molar-refractivity contribution in [3.05, 3.63) is 42.2 Å². The first-order valence-electron chi connectivity index (χ1n) is 8.41. The molecule has 0 bridgehead atoms. The van der Waals surface area contributed by atoms with Crippen molar-refractivity contribution >= 4 is 10.0 Å². The van der Waals surface area contributed by atoms with Crippen molar-refractivity contribution in [3.63, 3.8) is 0 Å². The van der Waals surface area contributed by atoms with Crippen molar-refractivity contribution < 1.29 is 13.2 Å². The average Bonchev–Trinajstić information content (AvgIpc) is 3.12. The van der Waals surface area contributed by atoms with Gasteiger partial charge in [0, 0.05) is 45.5 Å². The maximum Gasteiger partial charge on any atom is 0.246 e. The molecule has 136 valence electrons. The summed E-state index contributed by atoms with van der Waals surface area (Å²) < 4.78 is 33.8. The van der Waals surface area contributed by atoms with Gasteiger partial charge in [-0.05, 0) is 24.6 Å². The highest BCUT2D eigenvalue weighted by atomic mass is 32.2. The van der Waals surface area contributed by atoms with Crippen LogP contribution >= 0.6 is 0 Å². The van der Waals surface area contributed by atoms with E-state index < -0.39 is 10.0 Å². The largest absolute Gasteiger partial charge is 0.497 e. The van der Waals surface area contributed by atoms with Crippen LogP contribution in [-0.4, -0.2) is 60.7 Å². The summed E-state index contributed by atoms with van der Waals surface area (Å²) >= 11 is 0. The lowest BCUT2D eigenvalue weighted by atomic mass is 10.2. The maximum atomic E-state index is 12.7. The van der Waals surface area contributed by atoms with E-state index in [9.17, 15) is 8.42 Å². The summed E-state index contributed by atoms with van der Waals surface area (Å²) in [6.45, 7) is 5.77. The van der Waals surface area contributed by atoms with Crippen LogP contribution in [0.4, 0.5) is 0 Å². The molecule has 1 aliphatic heterocycles. The Kier molecular flexibility index (Phi) is 5.41. The first-order valence-corrected chi connectivity index (χ1v) is 9.85. The van der Waals surface area contributed by atoms with E-state index in [1.165, 1.54) is 11.8 Å². The quantitative estimate of drug-likeness (QED) is 0.775. The van der Waals surface area contributed by atoms with Crippen molar-refractivity contribution in [3.8, 4) is 5.75 Å². The maximum absolute atomic E-state index is 12.7. The van der Waals surface area contributed by atoms with Gasteiger partial charge in [-0.2, -0.15) is 9.40 Å². The molecule has 7 nitrogen and oxygen atoms in total. The normalized spacial score (nSPS) is 16.9. The molecule has 0 atom stereocenters. The topological polar surface area (TPSA) is 67.7 Å². The van der Waals surface area contributed by atoms with E-state index >= 15 is 0 Å². The molecule has 0 spiro atoms. The number of ether oxygens (including phenoxy) is 1. The molecule has 1 fully saturated rings. The van der Waals surface area contributed by atoms with Gasteiger partial charge in [-0.25, -0.2) is 8.42 Å². The number of benzene rings is 1. The molecule has 1 aromatic heterocycles. The zero-order valence-electron chi connectivity index (χ0n) is 14.6. The molecule has 2 heterocycles. The van der Waals surface area contributed by atoms with Crippen LogP contribution in [0, 0.1) is 0 Å². The van der Waals surface area contributed by atoms with Crippen molar-refractivity contribution in [1.29, 1.82) is 0 Å². The van der Waals surface area contributed by atoms with E-state index in [1.54, 1.807) is 22.3 Å². The van der Waals surface area contributed by atoms with Crippen molar-refractivity contribution in [2.75, 3.05) is 33.3 Å². The number of hydrogen-bond donors (Lipinski definition) is 0. The monoisotopic (exact) mass is 364 g/mol. The number of piperazine rings is 1. The second kappa shape index (κ2) is 7.55. The number of sulfonamides is 1. The third-order valence-electron chi connectivity index (χ3n) is 4.44. The summed E-state index contributed by atoms with van der Waals surface area (Å²) in [4.78, 5) is 2.53. The van der Waals surface area contributed by atoms with Crippen LogP contribution in [0.1, 0.15) is 12.5 Å². The average molecular weight is 364 g/mol. The molecule has 3 rings (SSSR count). The fraction of sp³-hybridized carbons (Fsp3) is 0.471. The molecule has 0 N–H and O–H groups in total. The molecule has 0 aliphatic carbocycles. The predicted molar refractivity (Wildman–Crippen MR) is 94.9 cm³/mol. The Morgan fingerprint density at radius 1 is 1.20 bits per heavy atom. The van der Waals surface area contributed by atoms with Crippen LogP contribution in [0.2, 0.25) is 0 Å². The van der Waals surface area contributed by atoms with Gasteiger partial charge in [-0.3, -0.25) is 9.58 Å². The van der Waals surface area contributed by atoms with Crippen LogP contribution in [0.25, 0.3) is 0 Å². The number of rotatable bonds is 6. The van der Waals surface area contributed by atoms with Gasteiger partial charge >= 0.3 is 0 Å². The molecule has 1 aliphatic rings. The molecule has 25 heavy (non-hydrogen) atoms. The lowest BCUT2D eigenvalue weighted by molar-refractivity contribution is 0.181. The van der Waals surface area contributed by atoms with Gasteiger partial charge in [0.05, 0.1) is 13.3 Å². The Morgan fingerprint density at radius 3 is 2.60 bits per heavy atom. The van der Waals surface area contributed by atoms with E-state index in [0.717, 1.165) is 12.3 Å². The molecule has 1 saturated heterocycles. The molecular formula is C17H24N4O3S. The Balaban J connectivity index is 1.61. The van der Waals surface area contributed by atoms with Gasteiger partial charge in [0.2, 0.25) is 10.0 Å². The Hall–Kier alpha value is -1.90. The van der Waals surface area contributed by atoms with E-state index in [0.29, 0.717) is 32.7 Å². The third kappa shape index (κ3) is 4.02. The van der Waals surface area contributed by atoms with Gasteiger partial charge < -0.3 is 4.74 Å². The number of nitrogens with zero attached hydrogens (tertiary/aromatic N) is 4. The first kappa shape index (κ1) is 17.9. The highest BCUT2D eigenvalue weighted by Gasteiger charge is 2.29. The Labute approximate surface area is 148 Å². The van der Waals surface area contributed by atoms with Crippen molar-refractivity contribution in [1.82, 2.24) is 19.0 Å². The van der Waals surface area contributed by atoms with Gasteiger partial charge in [0.1, 0.15) is 10.6 Å². The molecule has 2 aromatic rings. The Morgan fingerprint density at radius 2 is 1.96 bits per heavy atom. The van der Waals surface area contributed by atoms with E-state index in [1.807, 2.05) is 25.1 Å². The highest BCUT2D eigenvalue weighted by molar-refractivity contribution is 7.89. The number of aromatic nitrogens is 2. The van der Waals surface area contributed by atoms with Crippen LogP contribution < -0.4 is 4.74 Å². The summed E-state index contributed by atoms with van der Waals surface area (Å²) in [6, 6.07) is 7.97. The number of methoxy groups -OCH3 is 1. The molecule has 0 radical (unpaired) electrons. The smallest absolute Gasteiger partial charge is 0.246 e. The van der Waals surface area contributed by atoms with Gasteiger partial charge in [0.15, 0.2) is 0 Å². The van der Waals surface area contributed by atoms with E-state index in [2.05, 4.69) is 16.1 Å². The van der Waals surface area contributed by atoms with Crippen molar-refractivity contribution in [2.45, 2.75) is 24.9 Å². The number of hydrogen-bond acceptors (Lipinski definition) is 5. The minimum atomic E-state index is -3.45. The zero-order valence-corrected chi connectivity index (χ0v) is 15.4. The summed E-state index contributed by atoms with van der Waals surface area (Å²) in [7, 11) is -1.80. The third-order valence-corrected chi connectivity index (χ3v) is 6.29. The second-order valence-electron chi connectivity index (χ2n) is 6.06. The SMILES string of the molecule is CCn1cc(S(=O)(=O)N2CCN(Cc3cccc(OC)c3)CC2)cn1. The zero-order chi connectivity index (χ0) is 17.9. The van der Waals surface area contributed by atoms with Crippen LogP contribution in [0.5, 0.6) is 5.75 Å².